The Bertz CT molecular complexity index is 347. The van der Waals surface area contributed by atoms with Crippen molar-refractivity contribution >= 4 is 0 Å². The molecule has 0 amide bonds. The van der Waals surface area contributed by atoms with Crippen LogP contribution < -0.4 is 5.73 Å². The standard InChI is InChI=1S/C10H12F3NO/c1-9(14,6-15)7-3-2-4-8(5-7)10(11,12)13/h2-5,15H,6,14H2,1H3/t9-/m1/s1. The molecule has 0 heterocycles. The Kier molecular flexibility index (Phi) is 3.06. The van der Waals surface area contributed by atoms with Gasteiger partial charge < -0.3 is 10.8 Å². The van der Waals surface area contributed by atoms with Crippen molar-refractivity contribution in [3.63, 3.8) is 0 Å². The highest BCUT2D eigenvalue weighted by Gasteiger charge is 2.32. The molecule has 1 aromatic carbocycles. The molecule has 0 bridgehead atoms. The molecule has 0 spiro atoms. The van der Waals surface area contributed by atoms with Gasteiger partial charge in [-0.1, -0.05) is 12.1 Å². The molecule has 1 rings (SSSR count). The monoisotopic (exact) mass is 219 g/mol. The summed E-state index contributed by atoms with van der Waals surface area (Å²) < 4.78 is 37.1. The molecule has 0 aliphatic heterocycles. The first-order valence-corrected chi connectivity index (χ1v) is 4.35. The summed E-state index contributed by atoms with van der Waals surface area (Å²) in [6.45, 7) is 1.07. The predicted octanol–water partition coefficient (Wildman–Crippen LogP) is 1.87. The second-order valence-corrected chi connectivity index (χ2v) is 3.65. The van der Waals surface area contributed by atoms with Crippen molar-refractivity contribution in [2.24, 2.45) is 5.73 Å². The number of hydrogen-bond acceptors (Lipinski definition) is 2. The minimum Gasteiger partial charge on any atom is -0.394 e. The maximum Gasteiger partial charge on any atom is 0.416 e. The molecule has 0 aliphatic carbocycles. The third-order valence-electron chi connectivity index (χ3n) is 2.18. The zero-order valence-electron chi connectivity index (χ0n) is 8.17. The molecule has 84 valence electrons. The lowest BCUT2D eigenvalue weighted by atomic mass is 9.93. The quantitative estimate of drug-likeness (QED) is 0.797. The molecule has 0 radical (unpaired) electrons. The van der Waals surface area contributed by atoms with E-state index in [4.69, 9.17) is 10.8 Å². The van der Waals surface area contributed by atoms with Gasteiger partial charge in [0, 0.05) is 0 Å². The van der Waals surface area contributed by atoms with Crippen LogP contribution in [-0.4, -0.2) is 11.7 Å². The number of aliphatic hydroxyl groups excluding tert-OH is 1. The molecular weight excluding hydrogens is 207 g/mol. The van der Waals surface area contributed by atoms with Crippen molar-refractivity contribution in [2.45, 2.75) is 18.6 Å². The first-order valence-electron chi connectivity index (χ1n) is 4.35. The molecule has 0 saturated heterocycles. The molecule has 15 heavy (non-hydrogen) atoms. The summed E-state index contributed by atoms with van der Waals surface area (Å²) in [6.07, 6.45) is -4.39. The summed E-state index contributed by atoms with van der Waals surface area (Å²) in [6, 6.07) is 4.66. The lowest BCUT2D eigenvalue weighted by molar-refractivity contribution is -0.137. The van der Waals surface area contributed by atoms with Crippen LogP contribution in [0.2, 0.25) is 0 Å². The average Bonchev–Trinajstić information content (AvgIpc) is 2.17. The minimum absolute atomic E-state index is 0.264. The number of rotatable bonds is 2. The highest BCUT2D eigenvalue weighted by atomic mass is 19.4. The van der Waals surface area contributed by atoms with E-state index < -0.39 is 23.9 Å². The summed E-state index contributed by atoms with van der Waals surface area (Å²) in [7, 11) is 0. The molecule has 0 aromatic heterocycles. The van der Waals surface area contributed by atoms with Crippen LogP contribution in [0.15, 0.2) is 24.3 Å². The van der Waals surface area contributed by atoms with Gasteiger partial charge in [-0.3, -0.25) is 0 Å². The van der Waals surface area contributed by atoms with Crippen molar-refractivity contribution in [1.29, 1.82) is 0 Å². The summed E-state index contributed by atoms with van der Waals surface area (Å²) in [4.78, 5) is 0. The molecule has 2 nitrogen and oxygen atoms in total. The lowest BCUT2D eigenvalue weighted by Crippen LogP contribution is -2.37. The fourth-order valence-corrected chi connectivity index (χ4v) is 1.14. The van der Waals surface area contributed by atoms with E-state index in [9.17, 15) is 13.2 Å². The Morgan fingerprint density at radius 1 is 1.27 bits per heavy atom. The minimum atomic E-state index is -4.39. The molecule has 1 atom stereocenters. The van der Waals surface area contributed by atoms with Gasteiger partial charge in [-0.2, -0.15) is 13.2 Å². The molecule has 0 aliphatic rings. The van der Waals surface area contributed by atoms with Crippen molar-refractivity contribution in [3.8, 4) is 0 Å². The van der Waals surface area contributed by atoms with Crippen LogP contribution >= 0.6 is 0 Å². The molecule has 3 N–H and O–H groups in total. The van der Waals surface area contributed by atoms with Crippen LogP contribution in [0.5, 0.6) is 0 Å². The maximum absolute atomic E-state index is 12.4. The SMILES string of the molecule is C[C@@](N)(CO)c1cccc(C(F)(F)F)c1. The topological polar surface area (TPSA) is 46.2 Å². The van der Waals surface area contributed by atoms with Gasteiger partial charge in [0.05, 0.1) is 17.7 Å². The fraction of sp³-hybridized carbons (Fsp3) is 0.400. The van der Waals surface area contributed by atoms with Crippen LogP contribution in [0, 0.1) is 0 Å². The second kappa shape index (κ2) is 3.83. The first kappa shape index (κ1) is 12.0. The summed E-state index contributed by atoms with van der Waals surface area (Å²) >= 11 is 0. The van der Waals surface area contributed by atoms with E-state index in [2.05, 4.69) is 0 Å². The zero-order chi connectivity index (χ0) is 11.7. The van der Waals surface area contributed by atoms with Gasteiger partial charge in [0.2, 0.25) is 0 Å². The normalized spacial score (nSPS) is 16.1. The van der Waals surface area contributed by atoms with E-state index in [1.165, 1.54) is 19.1 Å². The largest absolute Gasteiger partial charge is 0.416 e. The fourth-order valence-electron chi connectivity index (χ4n) is 1.14. The van der Waals surface area contributed by atoms with Crippen molar-refractivity contribution < 1.29 is 18.3 Å². The second-order valence-electron chi connectivity index (χ2n) is 3.65. The Labute approximate surface area is 85.5 Å². The van der Waals surface area contributed by atoms with Crippen LogP contribution in [-0.2, 0) is 11.7 Å². The molecular formula is C10H12F3NO. The highest BCUT2D eigenvalue weighted by molar-refractivity contribution is 5.30. The third kappa shape index (κ3) is 2.70. The number of nitrogens with two attached hydrogens (primary N) is 1. The molecule has 0 unspecified atom stereocenters. The van der Waals surface area contributed by atoms with Crippen molar-refractivity contribution in [2.75, 3.05) is 6.61 Å². The van der Waals surface area contributed by atoms with Crippen LogP contribution in [0.1, 0.15) is 18.1 Å². The number of hydrogen-bond donors (Lipinski definition) is 2. The summed E-state index contributed by atoms with van der Waals surface area (Å²) in [5, 5.41) is 8.93. The Balaban J connectivity index is 3.14. The molecule has 1 aromatic rings. The van der Waals surface area contributed by atoms with Gasteiger partial charge in [0.15, 0.2) is 0 Å². The predicted molar refractivity (Wildman–Crippen MR) is 50.1 cm³/mol. The zero-order valence-corrected chi connectivity index (χ0v) is 8.17. The smallest absolute Gasteiger partial charge is 0.394 e. The summed E-state index contributed by atoms with van der Waals surface area (Å²) in [5.41, 5.74) is 3.99. The number of alkyl halides is 3. The maximum atomic E-state index is 12.4. The van der Waals surface area contributed by atoms with Crippen molar-refractivity contribution in [1.82, 2.24) is 0 Å². The van der Waals surface area contributed by atoms with Gasteiger partial charge in [-0.25, -0.2) is 0 Å². The van der Waals surface area contributed by atoms with E-state index >= 15 is 0 Å². The van der Waals surface area contributed by atoms with E-state index in [0.717, 1.165) is 12.1 Å². The Morgan fingerprint density at radius 2 is 1.80 bits per heavy atom. The van der Waals surface area contributed by atoms with Crippen LogP contribution in [0.3, 0.4) is 0 Å². The third-order valence-corrected chi connectivity index (χ3v) is 2.18. The van der Waals surface area contributed by atoms with Gasteiger partial charge in [-0.15, -0.1) is 0 Å². The van der Waals surface area contributed by atoms with E-state index in [1.807, 2.05) is 0 Å². The van der Waals surface area contributed by atoms with Gasteiger partial charge in [0.25, 0.3) is 0 Å². The van der Waals surface area contributed by atoms with Crippen molar-refractivity contribution in [3.05, 3.63) is 35.4 Å². The highest BCUT2D eigenvalue weighted by Crippen LogP contribution is 2.31. The Morgan fingerprint density at radius 3 is 2.27 bits per heavy atom. The number of halogens is 3. The Hall–Kier alpha value is -1.07. The van der Waals surface area contributed by atoms with Gasteiger partial charge in [0.1, 0.15) is 0 Å². The van der Waals surface area contributed by atoms with Crippen LogP contribution in [0.4, 0.5) is 13.2 Å². The van der Waals surface area contributed by atoms with Gasteiger partial charge in [-0.05, 0) is 24.6 Å². The number of benzene rings is 1. The molecule has 5 heteroatoms. The van der Waals surface area contributed by atoms with Crippen LogP contribution in [0.25, 0.3) is 0 Å². The number of aliphatic hydroxyl groups is 1. The molecule has 0 fully saturated rings. The summed E-state index contributed by atoms with van der Waals surface area (Å²) in [5.74, 6) is 0. The lowest BCUT2D eigenvalue weighted by Gasteiger charge is -2.23. The van der Waals surface area contributed by atoms with E-state index in [-0.39, 0.29) is 5.56 Å². The first-order chi connectivity index (χ1) is 6.77. The van der Waals surface area contributed by atoms with E-state index in [1.54, 1.807) is 0 Å². The molecule has 0 saturated carbocycles. The van der Waals surface area contributed by atoms with E-state index in [0.29, 0.717) is 0 Å². The average molecular weight is 219 g/mol. The van der Waals surface area contributed by atoms with Gasteiger partial charge >= 0.3 is 6.18 Å².